The summed E-state index contributed by atoms with van der Waals surface area (Å²) in [4.78, 5) is 24.7. The van der Waals surface area contributed by atoms with Crippen LogP contribution >= 0.6 is 0 Å². The second kappa shape index (κ2) is 12.0. The lowest BCUT2D eigenvalue weighted by atomic mass is 9.92. The molecule has 0 saturated heterocycles. The molecule has 6 aromatic rings. The van der Waals surface area contributed by atoms with E-state index >= 15 is 0 Å². The zero-order valence-electron chi connectivity index (χ0n) is 24.3. The quantitative estimate of drug-likeness (QED) is 0.114. The predicted molar refractivity (Wildman–Crippen MR) is 175 cm³/mol. The second-order valence-electron chi connectivity index (χ2n) is 10.7. The van der Waals surface area contributed by atoms with Gasteiger partial charge in [-0.05, 0) is 69.1 Å². The van der Waals surface area contributed by atoms with Gasteiger partial charge in [0.1, 0.15) is 30.5 Å². The molecular formula is C39H28O6. The maximum atomic E-state index is 13.3. The van der Waals surface area contributed by atoms with Gasteiger partial charge in [0.25, 0.3) is 0 Å². The van der Waals surface area contributed by atoms with Gasteiger partial charge in [-0.15, -0.1) is 0 Å². The molecule has 0 bridgehead atoms. The average molecular weight is 593 g/mol. The molecule has 0 amide bonds. The fourth-order valence-corrected chi connectivity index (χ4v) is 5.63. The van der Waals surface area contributed by atoms with E-state index in [2.05, 4.69) is 30.8 Å². The smallest absolute Gasteiger partial charge is 0.338 e. The third kappa shape index (κ3) is 5.61. The molecule has 6 heteroatoms. The lowest BCUT2D eigenvalue weighted by Gasteiger charge is -2.18. The fraction of sp³-hybridized carbons (Fsp3) is 0.0769. The van der Waals surface area contributed by atoms with E-state index in [9.17, 15) is 9.59 Å². The number of hydrogen-bond acceptors (Lipinski definition) is 6. The highest BCUT2D eigenvalue weighted by Gasteiger charge is 2.25. The summed E-state index contributed by atoms with van der Waals surface area (Å²) in [6, 6.07) is 38.7. The van der Waals surface area contributed by atoms with E-state index in [4.69, 9.17) is 18.9 Å². The van der Waals surface area contributed by atoms with Crippen molar-refractivity contribution in [3.63, 3.8) is 0 Å². The summed E-state index contributed by atoms with van der Waals surface area (Å²) < 4.78 is 23.9. The fourth-order valence-electron chi connectivity index (χ4n) is 5.63. The summed E-state index contributed by atoms with van der Waals surface area (Å²) in [5.74, 6) is 0.841. The van der Waals surface area contributed by atoms with Gasteiger partial charge >= 0.3 is 11.9 Å². The molecule has 0 N–H and O–H groups in total. The Hall–Kier alpha value is -5.88. The molecule has 6 nitrogen and oxygen atoms in total. The molecule has 0 fully saturated rings. The van der Waals surface area contributed by atoms with Gasteiger partial charge in [-0.1, -0.05) is 91.5 Å². The Balaban J connectivity index is 1.14. The highest BCUT2D eigenvalue weighted by molar-refractivity contribution is 6.09. The molecule has 6 aromatic carbocycles. The van der Waals surface area contributed by atoms with Crippen LogP contribution < -0.4 is 14.2 Å². The molecule has 1 heterocycles. The Kier molecular flexibility index (Phi) is 7.46. The van der Waals surface area contributed by atoms with Gasteiger partial charge < -0.3 is 18.9 Å². The molecule has 0 radical (unpaired) electrons. The van der Waals surface area contributed by atoms with Crippen LogP contribution in [0.5, 0.6) is 17.2 Å². The van der Waals surface area contributed by atoms with Crippen LogP contribution in [0.3, 0.4) is 0 Å². The minimum atomic E-state index is -0.653. The van der Waals surface area contributed by atoms with Crippen LogP contribution in [0.15, 0.2) is 134 Å². The molecule has 0 spiro atoms. The monoisotopic (exact) mass is 592 g/mol. The molecule has 0 aromatic heterocycles. The summed E-state index contributed by atoms with van der Waals surface area (Å²) in [6.45, 7) is 3.66. The summed E-state index contributed by atoms with van der Waals surface area (Å²) in [6.07, 6.45) is 0.462. The second-order valence-corrected chi connectivity index (χ2v) is 10.7. The van der Waals surface area contributed by atoms with Crippen LogP contribution in [0.25, 0.3) is 43.8 Å². The molecule has 45 heavy (non-hydrogen) atoms. The van der Waals surface area contributed by atoms with Gasteiger partial charge in [-0.2, -0.15) is 0 Å². The van der Waals surface area contributed by atoms with Crippen molar-refractivity contribution < 1.29 is 28.5 Å². The van der Waals surface area contributed by atoms with Crippen molar-refractivity contribution in [3.8, 4) is 39.5 Å². The Bertz CT molecular complexity index is 1970. The van der Waals surface area contributed by atoms with E-state index in [0.29, 0.717) is 22.8 Å². The van der Waals surface area contributed by atoms with Gasteiger partial charge in [0.2, 0.25) is 0 Å². The van der Waals surface area contributed by atoms with E-state index in [-0.39, 0.29) is 13.2 Å². The predicted octanol–water partition coefficient (Wildman–Crippen LogP) is 8.42. The highest BCUT2D eigenvalue weighted by atomic mass is 16.6. The number of rotatable bonds is 5. The summed E-state index contributed by atoms with van der Waals surface area (Å²) in [7, 11) is 0. The van der Waals surface area contributed by atoms with Crippen LogP contribution in [0.4, 0.5) is 0 Å². The van der Waals surface area contributed by atoms with E-state index in [1.165, 1.54) is 0 Å². The first-order valence-electron chi connectivity index (χ1n) is 14.6. The zero-order chi connectivity index (χ0) is 30.8. The molecule has 0 aliphatic carbocycles. The minimum Gasteiger partial charge on any atom is -0.489 e. The summed E-state index contributed by atoms with van der Waals surface area (Å²) in [5.41, 5.74) is 4.12. The normalized spacial score (nSPS) is 12.8. The lowest BCUT2D eigenvalue weighted by Crippen LogP contribution is -2.31. The largest absolute Gasteiger partial charge is 0.489 e. The number of ether oxygens (including phenoxy) is 4. The SMILES string of the molecule is C=CC(=O)Oc1ccc(-c2ccc(C(=O)OC3COc4ccc5ccccc5c4-c4c(ccc5ccccc45)OC3)cc2)cc1. The van der Waals surface area contributed by atoms with Gasteiger partial charge in [0, 0.05) is 17.2 Å². The average Bonchev–Trinajstić information content (AvgIpc) is 3.16. The Morgan fingerprint density at radius 2 is 1.16 bits per heavy atom. The molecule has 7 rings (SSSR count). The maximum absolute atomic E-state index is 13.3. The van der Waals surface area contributed by atoms with E-state index in [0.717, 1.165) is 49.9 Å². The zero-order valence-corrected chi connectivity index (χ0v) is 24.3. The molecule has 0 saturated carbocycles. The van der Waals surface area contributed by atoms with Crippen molar-refractivity contribution in [1.29, 1.82) is 0 Å². The topological polar surface area (TPSA) is 71.1 Å². The Morgan fingerprint density at radius 1 is 0.644 bits per heavy atom. The first kappa shape index (κ1) is 27.9. The summed E-state index contributed by atoms with van der Waals surface area (Å²) >= 11 is 0. The van der Waals surface area contributed by atoms with Crippen molar-refractivity contribution in [2.75, 3.05) is 13.2 Å². The van der Waals surface area contributed by atoms with Crippen LogP contribution in [0, 0.1) is 0 Å². The molecule has 0 unspecified atom stereocenters. The number of fused-ring (bicyclic) bond motifs is 7. The van der Waals surface area contributed by atoms with Crippen LogP contribution in [-0.4, -0.2) is 31.3 Å². The molecule has 1 aliphatic heterocycles. The number of esters is 2. The molecule has 0 atom stereocenters. The van der Waals surface area contributed by atoms with Gasteiger partial charge in [-0.25, -0.2) is 9.59 Å². The van der Waals surface area contributed by atoms with Crippen molar-refractivity contribution in [1.82, 2.24) is 0 Å². The lowest BCUT2D eigenvalue weighted by molar-refractivity contribution is -0.128. The van der Waals surface area contributed by atoms with Crippen molar-refractivity contribution in [2.24, 2.45) is 0 Å². The van der Waals surface area contributed by atoms with Crippen LogP contribution in [0.2, 0.25) is 0 Å². The number of carbonyl (C=O) groups excluding carboxylic acids is 2. The third-order valence-corrected chi connectivity index (χ3v) is 7.85. The van der Waals surface area contributed by atoms with Gasteiger partial charge in [-0.3, -0.25) is 0 Å². The Morgan fingerprint density at radius 3 is 1.69 bits per heavy atom. The molecular weight excluding hydrogens is 564 g/mol. The standard InChI is InChI=1S/C39H28O6/c1-2-36(40)44-30-19-15-26(16-20-30)25-11-13-29(14-12-25)39(41)45-31-23-42-34-21-17-27-7-3-5-9-32(27)37(34)38-33-10-6-4-8-28(33)18-22-35(38)43-24-31/h2-22,31H,1,23-24H2. The van der Waals surface area contributed by atoms with Crippen molar-refractivity contribution in [2.45, 2.75) is 6.10 Å². The van der Waals surface area contributed by atoms with Crippen LogP contribution in [-0.2, 0) is 9.53 Å². The number of carbonyl (C=O) groups is 2. The first-order chi connectivity index (χ1) is 22.1. The number of hydrogen-bond donors (Lipinski definition) is 0. The number of benzene rings is 6. The highest BCUT2D eigenvalue weighted by Crippen LogP contribution is 2.46. The van der Waals surface area contributed by atoms with E-state index in [1.54, 1.807) is 24.3 Å². The van der Waals surface area contributed by atoms with E-state index in [1.807, 2.05) is 72.8 Å². The molecule has 220 valence electrons. The van der Waals surface area contributed by atoms with Crippen molar-refractivity contribution >= 4 is 33.5 Å². The summed E-state index contributed by atoms with van der Waals surface area (Å²) in [5, 5.41) is 4.30. The molecule has 1 aliphatic rings. The Labute approximate surface area is 260 Å². The van der Waals surface area contributed by atoms with E-state index < -0.39 is 18.0 Å². The van der Waals surface area contributed by atoms with Gasteiger partial charge in [0.05, 0.1) is 5.56 Å². The van der Waals surface area contributed by atoms with Gasteiger partial charge in [0.15, 0.2) is 6.10 Å². The first-order valence-corrected chi connectivity index (χ1v) is 14.6. The van der Waals surface area contributed by atoms with Crippen molar-refractivity contribution in [3.05, 3.63) is 140 Å². The third-order valence-electron chi connectivity index (χ3n) is 7.85. The van der Waals surface area contributed by atoms with Crippen LogP contribution in [0.1, 0.15) is 10.4 Å². The maximum Gasteiger partial charge on any atom is 0.338 e. The minimum absolute atomic E-state index is 0.129.